The predicted octanol–water partition coefficient (Wildman–Crippen LogP) is 0.954. The van der Waals surface area contributed by atoms with Gasteiger partial charge in [0.15, 0.2) is 0 Å². The van der Waals surface area contributed by atoms with E-state index in [1.165, 1.54) is 0 Å². The number of ether oxygens (including phenoxy) is 2. The Kier molecular flexibility index (Phi) is 11.0. The van der Waals surface area contributed by atoms with Crippen LogP contribution in [0.3, 0.4) is 0 Å². The van der Waals surface area contributed by atoms with Gasteiger partial charge < -0.3 is 9.47 Å². The van der Waals surface area contributed by atoms with Gasteiger partial charge in [-0.15, -0.1) is 0 Å². The Morgan fingerprint density at radius 3 is 2.59 bits per heavy atom. The minimum absolute atomic E-state index is 0.0497. The van der Waals surface area contributed by atoms with Crippen LogP contribution in [-0.4, -0.2) is 57.2 Å². The standard InChI is InChI=1S/C13H23NO3/c1-4-7-13(15)12-14(3)8-11-17-10-6-9-16-5-2/h5-6,8-12H2,1-3H3. The number of carbonyl (C=O) groups is 1. The van der Waals surface area contributed by atoms with Crippen LogP contribution in [0, 0.1) is 11.8 Å². The van der Waals surface area contributed by atoms with E-state index in [9.17, 15) is 4.79 Å². The summed E-state index contributed by atoms with van der Waals surface area (Å²) < 4.78 is 10.6. The van der Waals surface area contributed by atoms with Gasteiger partial charge in [-0.25, -0.2) is 0 Å². The maximum absolute atomic E-state index is 11.2. The van der Waals surface area contributed by atoms with Crippen molar-refractivity contribution in [1.29, 1.82) is 0 Å². The molecule has 0 aromatic carbocycles. The first-order valence-corrected chi connectivity index (χ1v) is 6.00. The fraction of sp³-hybridized carbons (Fsp3) is 0.769. The van der Waals surface area contributed by atoms with E-state index in [1.807, 2.05) is 18.9 Å². The summed E-state index contributed by atoms with van der Waals surface area (Å²) in [6, 6.07) is 0. The molecule has 0 aliphatic carbocycles. The number of hydrogen-bond acceptors (Lipinski definition) is 4. The van der Waals surface area contributed by atoms with Crippen LogP contribution in [0.5, 0.6) is 0 Å². The van der Waals surface area contributed by atoms with E-state index in [1.54, 1.807) is 6.92 Å². The van der Waals surface area contributed by atoms with E-state index < -0.39 is 0 Å². The summed E-state index contributed by atoms with van der Waals surface area (Å²) in [4.78, 5) is 13.1. The molecule has 0 aliphatic heterocycles. The van der Waals surface area contributed by atoms with Crippen LogP contribution in [0.4, 0.5) is 0 Å². The molecular weight excluding hydrogens is 218 g/mol. The second kappa shape index (κ2) is 11.6. The molecule has 0 atom stereocenters. The van der Waals surface area contributed by atoms with Crippen molar-refractivity contribution < 1.29 is 14.3 Å². The van der Waals surface area contributed by atoms with Gasteiger partial charge in [-0.05, 0) is 33.2 Å². The molecule has 4 heteroatoms. The molecule has 0 aliphatic rings. The molecule has 0 saturated carbocycles. The smallest absolute Gasteiger partial charge is 0.219 e. The van der Waals surface area contributed by atoms with Gasteiger partial charge in [0.1, 0.15) is 0 Å². The van der Waals surface area contributed by atoms with Crippen molar-refractivity contribution in [2.45, 2.75) is 20.3 Å². The molecule has 0 amide bonds. The maximum atomic E-state index is 11.2. The van der Waals surface area contributed by atoms with Crippen LogP contribution < -0.4 is 0 Å². The van der Waals surface area contributed by atoms with Crippen molar-refractivity contribution >= 4 is 5.78 Å². The van der Waals surface area contributed by atoms with E-state index >= 15 is 0 Å². The first-order chi connectivity index (χ1) is 8.20. The molecule has 0 unspecified atom stereocenters. The zero-order chi connectivity index (χ0) is 12.9. The summed E-state index contributed by atoms with van der Waals surface area (Å²) in [6.45, 7) is 7.59. The lowest BCUT2D eigenvalue weighted by molar-refractivity contribution is -0.114. The third-order valence-electron chi connectivity index (χ3n) is 2.08. The summed E-state index contributed by atoms with van der Waals surface area (Å²) in [5.74, 6) is 5.06. The second-order valence-corrected chi connectivity index (χ2v) is 3.70. The monoisotopic (exact) mass is 241 g/mol. The molecule has 0 radical (unpaired) electrons. The Morgan fingerprint density at radius 1 is 1.24 bits per heavy atom. The molecule has 98 valence electrons. The topological polar surface area (TPSA) is 38.8 Å². The van der Waals surface area contributed by atoms with Crippen molar-refractivity contribution in [3.05, 3.63) is 0 Å². The quantitative estimate of drug-likeness (QED) is 0.324. The van der Waals surface area contributed by atoms with Crippen LogP contribution in [-0.2, 0) is 14.3 Å². The highest BCUT2D eigenvalue weighted by atomic mass is 16.5. The predicted molar refractivity (Wildman–Crippen MR) is 67.9 cm³/mol. The largest absolute Gasteiger partial charge is 0.382 e. The Labute approximate surface area is 104 Å². The highest BCUT2D eigenvalue weighted by Crippen LogP contribution is 1.88. The highest BCUT2D eigenvalue weighted by molar-refractivity contribution is 5.96. The first-order valence-electron chi connectivity index (χ1n) is 6.00. The summed E-state index contributed by atoms with van der Waals surface area (Å²) in [5, 5.41) is 0. The molecule has 0 bridgehead atoms. The van der Waals surface area contributed by atoms with Crippen LogP contribution in [0.15, 0.2) is 0 Å². The Balaban J connectivity index is 3.35. The number of rotatable bonds is 10. The third-order valence-corrected chi connectivity index (χ3v) is 2.08. The number of hydrogen-bond donors (Lipinski definition) is 0. The molecule has 0 aromatic rings. The molecule has 0 saturated heterocycles. The SMILES string of the molecule is CC#CC(=O)CN(C)CCOCCCOCC. The molecule has 0 rings (SSSR count). The van der Waals surface area contributed by atoms with E-state index in [-0.39, 0.29) is 5.78 Å². The summed E-state index contributed by atoms with van der Waals surface area (Å²) in [5.41, 5.74) is 0. The average Bonchev–Trinajstić information content (AvgIpc) is 2.28. The van der Waals surface area contributed by atoms with Gasteiger partial charge in [0.25, 0.3) is 0 Å². The fourth-order valence-electron chi connectivity index (χ4n) is 1.23. The van der Waals surface area contributed by atoms with Crippen molar-refractivity contribution in [2.24, 2.45) is 0 Å². The van der Waals surface area contributed by atoms with E-state index in [2.05, 4.69) is 11.8 Å². The molecule has 0 aromatic heterocycles. The van der Waals surface area contributed by atoms with Crippen LogP contribution in [0.2, 0.25) is 0 Å². The van der Waals surface area contributed by atoms with Gasteiger partial charge in [0.05, 0.1) is 13.2 Å². The average molecular weight is 241 g/mol. The highest BCUT2D eigenvalue weighted by Gasteiger charge is 2.03. The second-order valence-electron chi connectivity index (χ2n) is 3.70. The molecule has 0 heterocycles. The summed E-state index contributed by atoms with van der Waals surface area (Å²) in [7, 11) is 1.89. The first kappa shape index (κ1) is 16.1. The van der Waals surface area contributed by atoms with E-state index in [0.717, 1.165) is 26.2 Å². The minimum Gasteiger partial charge on any atom is -0.382 e. The van der Waals surface area contributed by atoms with Crippen molar-refractivity contribution in [1.82, 2.24) is 4.90 Å². The van der Waals surface area contributed by atoms with Gasteiger partial charge in [-0.3, -0.25) is 9.69 Å². The third kappa shape index (κ3) is 11.4. The van der Waals surface area contributed by atoms with Crippen LogP contribution in [0.1, 0.15) is 20.3 Å². The normalized spacial score (nSPS) is 10.1. The number of carbonyl (C=O) groups excluding carboxylic acids is 1. The van der Waals surface area contributed by atoms with Crippen LogP contribution >= 0.6 is 0 Å². The lowest BCUT2D eigenvalue weighted by Crippen LogP contribution is -2.28. The number of nitrogens with zero attached hydrogens (tertiary/aromatic N) is 1. The Morgan fingerprint density at radius 2 is 1.94 bits per heavy atom. The fourth-order valence-corrected chi connectivity index (χ4v) is 1.23. The van der Waals surface area contributed by atoms with Crippen molar-refractivity contribution in [2.75, 3.05) is 46.6 Å². The lowest BCUT2D eigenvalue weighted by atomic mass is 10.3. The molecule has 0 N–H and O–H groups in total. The zero-order valence-electron chi connectivity index (χ0n) is 11.1. The van der Waals surface area contributed by atoms with Gasteiger partial charge in [0.2, 0.25) is 5.78 Å². The van der Waals surface area contributed by atoms with Gasteiger partial charge >= 0.3 is 0 Å². The zero-order valence-corrected chi connectivity index (χ0v) is 11.1. The van der Waals surface area contributed by atoms with E-state index in [0.29, 0.717) is 19.8 Å². The number of ketones is 1. The summed E-state index contributed by atoms with van der Waals surface area (Å²) >= 11 is 0. The van der Waals surface area contributed by atoms with Gasteiger partial charge in [-0.1, -0.05) is 5.92 Å². The molecule has 0 fully saturated rings. The Hall–Kier alpha value is -0.890. The van der Waals surface area contributed by atoms with E-state index in [4.69, 9.17) is 9.47 Å². The van der Waals surface area contributed by atoms with Crippen LogP contribution in [0.25, 0.3) is 0 Å². The lowest BCUT2D eigenvalue weighted by Gasteiger charge is -2.14. The molecule has 0 spiro atoms. The molecule has 17 heavy (non-hydrogen) atoms. The molecule has 4 nitrogen and oxygen atoms in total. The number of Topliss-reactive ketones (excluding diaryl/α,β-unsaturated/α-hetero) is 1. The van der Waals surface area contributed by atoms with Gasteiger partial charge in [0, 0.05) is 26.4 Å². The Bertz CT molecular complexity index is 255. The summed E-state index contributed by atoms with van der Waals surface area (Å²) in [6.07, 6.45) is 0.914. The maximum Gasteiger partial charge on any atom is 0.219 e. The number of likely N-dealkylation sites (N-methyl/N-ethyl adjacent to an activating group) is 1. The molecular formula is C13H23NO3. The minimum atomic E-state index is -0.0497. The van der Waals surface area contributed by atoms with Gasteiger partial charge in [-0.2, -0.15) is 0 Å². The van der Waals surface area contributed by atoms with Crippen molar-refractivity contribution in [3.8, 4) is 11.8 Å². The van der Waals surface area contributed by atoms with Crippen molar-refractivity contribution in [3.63, 3.8) is 0 Å².